The molecule has 0 fully saturated rings. The van der Waals surface area contributed by atoms with Crippen molar-refractivity contribution in [3.05, 3.63) is 71.4 Å². The summed E-state index contributed by atoms with van der Waals surface area (Å²) in [7, 11) is 0. The number of nitriles is 1. The lowest BCUT2D eigenvalue weighted by atomic mass is 10.1. The molecule has 0 saturated heterocycles. The number of nitrogens with zero attached hydrogens (tertiary/aromatic N) is 1. The number of ether oxygens (including phenoxy) is 1. The molecule has 2 rings (SSSR count). The van der Waals surface area contributed by atoms with E-state index >= 15 is 0 Å². The number of carbonyl (C=O) groups excluding carboxylic acids is 3. The van der Waals surface area contributed by atoms with Crippen molar-refractivity contribution in [3.63, 3.8) is 0 Å². The van der Waals surface area contributed by atoms with E-state index in [0.29, 0.717) is 11.3 Å². The predicted molar refractivity (Wildman–Crippen MR) is 105 cm³/mol. The number of nitrogens with one attached hydrogen (secondary N) is 2. The average Bonchev–Trinajstić information content (AvgIpc) is 2.69. The van der Waals surface area contributed by atoms with E-state index < -0.39 is 11.9 Å². The van der Waals surface area contributed by atoms with E-state index in [9.17, 15) is 19.6 Å². The molecule has 0 unspecified atom stereocenters. The number of anilines is 2. The Morgan fingerprint density at radius 3 is 2.39 bits per heavy atom. The van der Waals surface area contributed by atoms with Crippen LogP contribution < -0.4 is 10.6 Å². The molecule has 0 aliphatic rings. The molecule has 0 saturated carbocycles. The summed E-state index contributed by atoms with van der Waals surface area (Å²) < 4.78 is 4.96. The SMILES string of the molecule is CCOC(=O)c1ccccc1NC(=O)/C(C#N)=C\Nc1ccc(C(C)=O)cc1. The number of benzene rings is 2. The molecule has 0 aliphatic carbocycles. The standard InChI is InChI=1S/C21H19N3O4/c1-3-28-21(27)18-6-4-5-7-19(18)24-20(26)16(12-22)13-23-17-10-8-15(9-11-17)14(2)25/h4-11,13,23H,3H2,1-2H3,(H,24,26)/b16-13-. The van der Waals surface area contributed by atoms with Gasteiger partial charge in [-0.3, -0.25) is 9.59 Å². The molecular weight excluding hydrogens is 358 g/mol. The molecule has 2 aromatic carbocycles. The Hall–Kier alpha value is -3.92. The predicted octanol–water partition coefficient (Wildman–Crippen LogP) is 3.52. The van der Waals surface area contributed by atoms with Crippen LogP contribution in [0.3, 0.4) is 0 Å². The second-order valence-electron chi connectivity index (χ2n) is 5.67. The normalized spacial score (nSPS) is 10.5. The quantitative estimate of drug-likeness (QED) is 0.331. The number of hydrogen-bond donors (Lipinski definition) is 2. The molecule has 0 radical (unpaired) electrons. The average molecular weight is 377 g/mol. The van der Waals surface area contributed by atoms with Crippen molar-refractivity contribution in [3.8, 4) is 6.07 Å². The van der Waals surface area contributed by atoms with Crippen LogP contribution in [0.25, 0.3) is 0 Å². The van der Waals surface area contributed by atoms with Gasteiger partial charge in [-0.05, 0) is 50.2 Å². The third kappa shape index (κ3) is 5.29. The minimum absolute atomic E-state index is 0.0561. The summed E-state index contributed by atoms with van der Waals surface area (Å²) in [5.74, 6) is -1.30. The lowest BCUT2D eigenvalue weighted by molar-refractivity contribution is -0.112. The van der Waals surface area contributed by atoms with Crippen LogP contribution in [0.1, 0.15) is 34.6 Å². The van der Waals surface area contributed by atoms with Crippen molar-refractivity contribution < 1.29 is 19.1 Å². The zero-order chi connectivity index (χ0) is 20.5. The van der Waals surface area contributed by atoms with Gasteiger partial charge in [0.2, 0.25) is 0 Å². The molecule has 0 bridgehead atoms. The first kappa shape index (κ1) is 20.4. The molecule has 0 heterocycles. The first-order valence-corrected chi connectivity index (χ1v) is 8.51. The number of rotatable bonds is 7. The fourth-order valence-electron chi connectivity index (χ4n) is 2.27. The van der Waals surface area contributed by atoms with Crippen LogP contribution in [0.15, 0.2) is 60.3 Å². The maximum atomic E-state index is 12.4. The summed E-state index contributed by atoms with van der Waals surface area (Å²) in [6.07, 6.45) is 1.26. The highest BCUT2D eigenvalue weighted by Crippen LogP contribution is 2.17. The third-order valence-electron chi connectivity index (χ3n) is 3.71. The van der Waals surface area contributed by atoms with Gasteiger partial charge in [-0.25, -0.2) is 4.79 Å². The second-order valence-corrected chi connectivity index (χ2v) is 5.67. The molecule has 7 nitrogen and oxygen atoms in total. The van der Waals surface area contributed by atoms with Crippen molar-refractivity contribution >= 4 is 29.0 Å². The topological polar surface area (TPSA) is 108 Å². The maximum absolute atomic E-state index is 12.4. The van der Waals surface area contributed by atoms with Crippen molar-refractivity contribution in [1.82, 2.24) is 0 Å². The van der Waals surface area contributed by atoms with Crippen molar-refractivity contribution in [2.45, 2.75) is 13.8 Å². The number of para-hydroxylation sites is 1. The lowest BCUT2D eigenvalue weighted by Gasteiger charge is -2.10. The van der Waals surface area contributed by atoms with E-state index in [1.807, 2.05) is 6.07 Å². The second kappa shape index (κ2) is 9.69. The van der Waals surface area contributed by atoms with Gasteiger partial charge in [-0.15, -0.1) is 0 Å². The maximum Gasteiger partial charge on any atom is 0.340 e. The fraction of sp³-hybridized carbons (Fsp3) is 0.143. The van der Waals surface area contributed by atoms with Gasteiger partial charge in [-0.2, -0.15) is 5.26 Å². The van der Waals surface area contributed by atoms with E-state index in [4.69, 9.17) is 4.74 Å². The molecule has 2 aromatic rings. The highest BCUT2D eigenvalue weighted by atomic mass is 16.5. The molecule has 2 N–H and O–H groups in total. The Bertz CT molecular complexity index is 956. The van der Waals surface area contributed by atoms with Gasteiger partial charge in [0, 0.05) is 17.5 Å². The smallest absolute Gasteiger partial charge is 0.340 e. The molecule has 0 atom stereocenters. The molecule has 0 aliphatic heterocycles. The Morgan fingerprint density at radius 2 is 1.79 bits per heavy atom. The highest BCUT2D eigenvalue weighted by molar-refractivity contribution is 6.09. The number of ketones is 1. The minimum Gasteiger partial charge on any atom is -0.462 e. The van der Waals surface area contributed by atoms with E-state index in [2.05, 4.69) is 10.6 Å². The Morgan fingerprint density at radius 1 is 1.11 bits per heavy atom. The molecule has 0 spiro atoms. The van der Waals surface area contributed by atoms with Gasteiger partial charge in [-0.1, -0.05) is 12.1 Å². The Kier molecular flexibility index (Phi) is 7.06. The van der Waals surface area contributed by atoms with Crippen LogP contribution in [0.4, 0.5) is 11.4 Å². The fourth-order valence-corrected chi connectivity index (χ4v) is 2.27. The monoisotopic (exact) mass is 377 g/mol. The van der Waals surface area contributed by atoms with Crippen LogP contribution >= 0.6 is 0 Å². The summed E-state index contributed by atoms with van der Waals surface area (Å²) in [6, 6.07) is 14.8. The van der Waals surface area contributed by atoms with Gasteiger partial charge >= 0.3 is 5.97 Å². The van der Waals surface area contributed by atoms with Crippen LogP contribution in [-0.2, 0) is 9.53 Å². The summed E-state index contributed by atoms with van der Waals surface area (Å²) in [4.78, 5) is 35.7. The zero-order valence-corrected chi connectivity index (χ0v) is 15.5. The van der Waals surface area contributed by atoms with Crippen molar-refractivity contribution in [1.29, 1.82) is 5.26 Å². The number of esters is 1. The minimum atomic E-state index is -0.674. The van der Waals surface area contributed by atoms with Gasteiger partial charge in [0.1, 0.15) is 11.6 Å². The van der Waals surface area contributed by atoms with E-state index in [1.165, 1.54) is 19.2 Å². The number of Topliss-reactive ketones (excluding diaryl/α,β-unsaturated/α-hetero) is 1. The van der Waals surface area contributed by atoms with E-state index in [0.717, 1.165) is 0 Å². The number of hydrogen-bond acceptors (Lipinski definition) is 6. The van der Waals surface area contributed by atoms with Gasteiger partial charge in [0.05, 0.1) is 17.9 Å². The molecule has 28 heavy (non-hydrogen) atoms. The van der Waals surface area contributed by atoms with Crippen LogP contribution in [0, 0.1) is 11.3 Å². The summed E-state index contributed by atoms with van der Waals surface area (Å²) in [5, 5.41) is 14.7. The van der Waals surface area contributed by atoms with Gasteiger partial charge in [0.15, 0.2) is 5.78 Å². The Balaban J connectivity index is 2.14. The van der Waals surface area contributed by atoms with Crippen LogP contribution in [0.5, 0.6) is 0 Å². The van der Waals surface area contributed by atoms with Crippen molar-refractivity contribution in [2.75, 3.05) is 17.2 Å². The molecule has 1 amide bonds. The highest BCUT2D eigenvalue weighted by Gasteiger charge is 2.16. The third-order valence-corrected chi connectivity index (χ3v) is 3.71. The molecule has 0 aromatic heterocycles. The van der Waals surface area contributed by atoms with E-state index in [-0.39, 0.29) is 29.2 Å². The van der Waals surface area contributed by atoms with Gasteiger partial charge in [0.25, 0.3) is 5.91 Å². The lowest BCUT2D eigenvalue weighted by Crippen LogP contribution is -2.17. The largest absolute Gasteiger partial charge is 0.462 e. The summed E-state index contributed by atoms with van der Waals surface area (Å²) >= 11 is 0. The Labute approximate surface area is 162 Å². The molecule has 7 heteroatoms. The summed E-state index contributed by atoms with van der Waals surface area (Å²) in [6.45, 7) is 3.36. The summed E-state index contributed by atoms with van der Waals surface area (Å²) in [5.41, 5.74) is 1.43. The number of carbonyl (C=O) groups is 3. The van der Waals surface area contributed by atoms with Crippen LogP contribution in [-0.4, -0.2) is 24.3 Å². The first-order valence-electron chi connectivity index (χ1n) is 8.51. The number of amides is 1. The molecule has 142 valence electrons. The van der Waals surface area contributed by atoms with Crippen molar-refractivity contribution in [2.24, 2.45) is 0 Å². The first-order chi connectivity index (χ1) is 13.5. The van der Waals surface area contributed by atoms with Crippen LogP contribution in [0.2, 0.25) is 0 Å². The van der Waals surface area contributed by atoms with Gasteiger partial charge < -0.3 is 15.4 Å². The zero-order valence-electron chi connectivity index (χ0n) is 15.5. The molecular formula is C21H19N3O4. The van der Waals surface area contributed by atoms with E-state index in [1.54, 1.807) is 49.4 Å².